The van der Waals surface area contributed by atoms with Crippen molar-refractivity contribution in [2.24, 2.45) is 5.73 Å². The molecule has 0 bridgehead atoms. The molecular weight excluding hydrogens is 254 g/mol. The van der Waals surface area contributed by atoms with Crippen LogP contribution in [0.3, 0.4) is 0 Å². The fourth-order valence-electron chi connectivity index (χ4n) is 2.35. The zero-order valence-corrected chi connectivity index (χ0v) is 12.2. The average Bonchev–Trinajstić information content (AvgIpc) is 2.39. The molecule has 0 saturated heterocycles. The number of benzene rings is 2. The third-order valence-corrected chi connectivity index (χ3v) is 3.92. The van der Waals surface area contributed by atoms with Gasteiger partial charge in [0.1, 0.15) is 0 Å². The van der Waals surface area contributed by atoms with E-state index in [1.807, 2.05) is 18.2 Å². The average molecular weight is 274 g/mol. The van der Waals surface area contributed by atoms with Gasteiger partial charge >= 0.3 is 0 Å². The highest BCUT2D eigenvalue weighted by atomic mass is 35.5. The topological polar surface area (TPSA) is 26.0 Å². The molecule has 1 nitrogen and oxygen atoms in total. The van der Waals surface area contributed by atoms with Crippen molar-refractivity contribution in [1.82, 2.24) is 0 Å². The van der Waals surface area contributed by atoms with Crippen molar-refractivity contribution in [3.05, 3.63) is 70.2 Å². The molecule has 1 unspecified atom stereocenters. The second kappa shape index (κ2) is 5.77. The summed E-state index contributed by atoms with van der Waals surface area (Å²) < 4.78 is 0. The minimum atomic E-state index is -0.0572. The maximum absolute atomic E-state index is 6.05. The maximum atomic E-state index is 6.05. The molecule has 0 spiro atoms. The van der Waals surface area contributed by atoms with Gasteiger partial charge in [0.05, 0.1) is 0 Å². The third kappa shape index (κ3) is 3.37. The molecule has 0 heterocycles. The zero-order valence-electron chi connectivity index (χ0n) is 11.5. The van der Waals surface area contributed by atoms with Crippen molar-refractivity contribution in [3.8, 4) is 0 Å². The van der Waals surface area contributed by atoms with Crippen LogP contribution in [-0.2, 0) is 11.8 Å². The molecule has 2 aromatic rings. The summed E-state index contributed by atoms with van der Waals surface area (Å²) in [4.78, 5) is 0. The molecule has 2 heteroatoms. The van der Waals surface area contributed by atoms with E-state index in [2.05, 4.69) is 44.2 Å². The van der Waals surface area contributed by atoms with Gasteiger partial charge in [-0.1, -0.05) is 60.5 Å². The standard InChI is InChI=1S/C17H20ClN/c1-13-6-8-15(9-7-13)17(2,12-19)11-14-4-3-5-16(18)10-14/h3-10H,11-12,19H2,1-2H3. The third-order valence-electron chi connectivity index (χ3n) is 3.68. The van der Waals surface area contributed by atoms with Crippen LogP contribution < -0.4 is 5.73 Å². The Balaban J connectivity index is 2.29. The Morgan fingerprint density at radius 1 is 1.11 bits per heavy atom. The highest BCUT2D eigenvalue weighted by molar-refractivity contribution is 6.30. The summed E-state index contributed by atoms with van der Waals surface area (Å²) in [5.74, 6) is 0. The van der Waals surface area contributed by atoms with E-state index in [4.69, 9.17) is 17.3 Å². The molecule has 0 aromatic heterocycles. The van der Waals surface area contributed by atoms with Gasteiger partial charge in [-0.2, -0.15) is 0 Å². The van der Waals surface area contributed by atoms with Crippen LogP contribution in [0.15, 0.2) is 48.5 Å². The fourth-order valence-corrected chi connectivity index (χ4v) is 2.56. The van der Waals surface area contributed by atoms with Gasteiger partial charge in [-0.25, -0.2) is 0 Å². The van der Waals surface area contributed by atoms with E-state index in [1.165, 1.54) is 16.7 Å². The summed E-state index contributed by atoms with van der Waals surface area (Å²) in [5, 5.41) is 0.778. The Hall–Kier alpha value is -1.31. The van der Waals surface area contributed by atoms with Crippen molar-refractivity contribution in [3.63, 3.8) is 0 Å². The number of rotatable bonds is 4. The second-order valence-electron chi connectivity index (χ2n) is 5.44. The van der Waals surface area contributed by atoms with Crippen molar-refractivity contribution >= 4 is 11.6 Å². The van der Waals surface area contributed by atoms with Crippen molar-refractivity contribution in [2.45, 2.75) is 25.7 Å². The Labute approximate surface area is 120 Å². The SMILES string of the molecule is Cc1ccc(C(C)(CN)Cc2cccc(Cl)c2)cc1. The predicted octanol–water partition coefficient (Wildman–Crippen LogP) is 4.11. The van der Waals surface area contributed by atoms with Crippen LogP contribution in [0.1, 0.15) is 23.6 Å². The first kappa shape index (κ1) is 14.1. The van der Waals surface area contributed by atoms with Crippen LogP contribution in [0, 0.1) is 6.92 Å². The van der Waals surface area contributed by atoms with E-state index in [0.717, 1.165) is 11.4 Å². The number of aryl methyl sites for hydroxylation is 1. The van der Waals surface area contributed by atoms with Crippen LogP contribution in [0.5, 0.6) is 0 Å². The first-order chi connectivity index (χ1) is 9.03. The summed E-state index contributed by atoms with van der Waals surface area (Å²) in [5.41, 5.74) is 9.74. The normalized spacial score (nSPS) is 14.1. The molecule has 2 aromatic carbocycles. The molecule has 0 aliphatic heterocycles. The van der Waals surface area contributed by atoms with E-state index in [9.17, 15) is 0 Å². The van der Waals surface area contributed by atoms with Crippen LogP contribution >= 0.6 is 11.6 Å². The fraction of sp³-hybridized carbons (Fsp3) is 0.294. The molecule has 0 fully saturated rings. The monoisotopic (exact) mass is 273 g/mol. The molecule has 0 saturated carbocycles. The van der Waals surface area contributed by atoms with Crippen LogP contribution in [-0.4, -0.2) is 6.54 Å². The van der Waals surface area contributed by atoms with Crippen molar-refractivity contribution < 1.29 is 0 Å². The molecule has 0 aliphatic carbocycles. The highest BCUT2D eigenvalue weighted by Gasteiger charge is 2.25. The maximum Gasteiger partial charge on any atom is 0.0408 e. The summed E-state index contributed by atoms with van der Waals surface area (Å²) >= 11 is 6.05. The quantitative estimate of drug-likeness (QED) is 0.891. The Kier molecular flexibility index (Phi) is 4.28. The zero-order chi connectivity index (χ0) is 13.9. The van der Waals surface area contributed by atoms with E-state index in [-0.39, 0.29) is 5.41 Å². The van der Waals surface area contributed by atoms with Gasteiger partial charge in [0.25, 0.3) is 0 Å². The summed E-state index contributed by atoms with van der Waals surface area (Å²) in [6, 6.07) is 16.6. The second-order valence-corrected chi connectivity index (χ2v) is 5.87. The summed E-state index contributed by atoms with van der Waals surface area (Å²) in [6.07, 6.45) is 0.896. The molecule has 0 aliphatic rings. The molecule has 2 rings (SSSR count). The lowest BCUT2D eigenvalue weighted by Crippen LogP contribution is -2.34. The Morgan fingerprint density at radius 3 is 2.37 bits per heavy atom. The summed E-state index contributed by atoms with van der Waals surface area (Å²) in [6.45, 7) is 4.92. The van der Waals surface area contributed by atoms with Gasteiger partial charge in [-0.3, -0.25) is 0 Å². The van der Waals surface area contributed by atoms with Gasteiger partial charge in [-0.05, 0) is 36.6 Å². The number of nitrogens with two attached hydrogens (primary N) is 1. The van der Waals surface area contributed by atoms with Gasteiger partial charge in [-0.15, -0.1) is 0 Å². The van der Waals surface area contributed by atoms with Gasteiger partial charge in [0.2, 0.25) is 0 Å². The molecule has 2 N–H and O–H groups in total. The Bertz CT molecular complexity index is 547. The van der Waals surface area contributed by atoms with Gasteiger partial charge in [0.15, 0.2) is 0 Å². The smallest absolute Gasteiger partial charge is 0.0408 e. The number of hydrogen-bond donors (Lipinski definition) is 1. The first-order valence-electron chi connectivity index (χ1n) is 6.55. The van der Waals surface area contributed by atoms with Crippen LogP contribution in [0.25, 0.3) is 0 Å². The van der Waals surface area contributed by atoms with Crippen molar-refractivity contribution in [1.29, 1.82) is 0 Å². The Morgan fingerprint density at radius 2 is 1.79 bits per heavy atom. The molecule has 1 atom stereocenters. The van der Waals surface area contributed by atoms with Crippen LogP contribution in [0.2, 0.25) is 5.02 Å². The molecule has 0 amide bonds. The van der Waals surface area contributed by atoms with E-state index < -0.39 is 0 Å². The lowest BCUT2D eigenvalue weighted by Gasteiger charge is -2.29. The predicted molar refractivity (Wildman–Crippen MR) is 82.7 cm³/mol. The summed E-state index contributed by atoms with van der Waals surface area (Å²) in [7, 11) is 0. The largest absolute Gasteiger partial charge is 0.330 e. The van der Waals surface area contributed by atoms with Gasteiger partial charge < -0.3 is 5.73 Å². The minimum absolute atomic E-state index is 0.0572. The number of hydrogen-bond acceptors (Lipinski definition) is 1. The van der Waals surface area contributed by atoms with Crippen LogP contribution in [0.4, 0.5) is 0 Å². The number of halogens is 1. The van der Waals surface area contributed by atoms with E-state index in [1.54, 1.807) is 0 Å². The molecule has 19 heavy (non-hydrogen) atoms. The lowest BCUT2D eigenvalue weighted by molar-refractivity contribution is 0.481. The first-order valence-corrected chi connectivity index (χ1v) is 6.93. The molecule has 0 radical (unpaired) electrons. The molecule has 100 valence electrons. The van der Waals surface area contributed by atoms with Gasteiger partial charge in [0, 0.05) is 17.0 Å². The lowest BCUT2D eigenvalue weighted by atomic mass is 9.77. The van der Waals surface area contributed by atoms with E-state index >= 15 is 0 Å². The van der Waals surface area contributed by atoms with E-state index in [0.29, 0.717) is 6.54 Å². The minimum Gasteiger partial charge on any atom is -0.330 e. The highest BCUT2D eigenvalue weighted by Crippen LogP contribution is 2.28. The van der Waals surface area contributed by atoms with Crippen molar-refractivity contribution in [2.75, 3.05) is 6.54 Å². The molecular formula is C17H20ClN.